The molecule has 0 saturated heterocycles. The van der Waals surface area contributed by atoms with Crippen molar-refractivity contribution in [1.82, 2.24) is 5.01 Å². The van der Waals surface area contributed by atoms with Gasteiger partial charge in [-0.05, 0) is 0 Å². The number of amides is 1. The van der Waals surface area contributed by atoms with Crippen molar-refractivity contribution in [3.05, 3.63) is 0 Å². The minimum absolute atomic E-state index is 0.125. The zero-order valence-corrected chi connectivity index (χ0v) is 7.19. The van der Waals surface area contributed by atoms with E-state index >= 15 is 0 Å². The van der Waals surface area contributed by atoms with Crippen LogP contribution in [0.15, 0.2) is 5.10 Å². The number of hydrazone groups is 1. The van der Waals surface area contributed by atoms with Crippen LogP contribution in [0.2, 0.25) is 0 Å². The van der Waals surface area contributed by atoms with Crippen molar-refractivity contribution in [1.29, 1.82) is 0 Å². The third kappa shape index (κ3) is 2.43. The van der Waals surface area contributed by atoms with E-state index in [0.717, 1.165) is 5.01 Å². The van der Waals surface area contributed by atoms with E-state index < -0.39 is 18.4 Å². The number of carbonyl (C=O) groups is 2. The maximum absolute atomic E-state index is 11.0. The average molecular weight is 186 g/mol. The molecule has 13 heavy (non-hydrogen) atoms. The molecule has 1 heterocycles. The summed E-state index contributed by atoms with van der Waals surface area (Å²) in [5.74, 6) is -1.13. The maximum atomic E-state index is 11.0. The minimum atomic E-state index is -1.09. The number of carboxylic acids is 1. The first-order chi connectivity index (χ1) is 6.13. The molecule has 6 nitrogen and oxygen atoms in total. The van der Waals surface area contributed by atoms with Crippen LogP contribution < -0.4 is 0 Å². The average Bonchev–Trinajstić information content (AvgIpc) is 2.08. The predicted octanol–water partition coefficient (Wildman–Crippen LogP) is -0.347. The van der Waals surface area contributed by atoms with Crippen LogP contribution in [-0.4, -0.2) is 41.0 Å². The summed E-state index contributed by atoms with van der Waals surface area (Å²) >= 11 is 0. The minimum Gasteiger partial charge on any atom is -0.480 e. The van der Waals surface area contributed by atoms with Gasteiger partial charge in [0.1, 0.15) is 6.54 Å². The van der Waals surface area contributed by atoms with Gasteiger partial charge in [-0.15, -0.1) is 5.10 Å². The number of hydrogen-bond donors (Lipinski definition) is 1. The van der Waals surface area contributed by atoms with Crippen LogP contribution in [0.4, 0.5) is 0 Å². The molecule has 0 aromatic carbocycles. The number of aliphatic carboxylic acids is 1. The van der Waals surface area contributed by atoms with Crippen molar-refractivity contribution in [3.63, 3.8) is 0 Å². The lowest BCUT2D eigenvalue weighted by atomic mass is 10.4. The van der Waals surface area contributed by atoms with Gasteiger partial charge in [0.05, 0.1) is 0 Å². The van der Waals surface area contributed by atoms with Crippen molar-refractivity contribution in [2.75, 3.05) is 13.2 Å². The topological polar surface area (TPSA) is 79.2 Å². The van der Waals surface area contributed by atoms with E-state index in [0.29, 0.717) is 12.3 Å². The van der Waals surface area contributed by atoms with Gasteiger partial charge in [-0.2, -0.15) is 0 Å². The molecule has 1 aliphatic rings. The smallest absolute Gasteiger partial charge is 0.325 e. The molecular weight excluding hydrogens is 176 g/mol. The fraction of sp³-hybridized carbons (Fsp3) is 0.571. The first kappa shape index (κ1) is 9.50. The molecule has 0 radical (unpaired) electrons. The predicted molar refractivity (Wildman–Crippen MR) is 43.0 cm³/mol. The molecular formula is C7H10N2O4. The Kier molecular flexibility index (Phi) is 2.84. The third-order valence-electron chi connectivity index (χ3n) is 1.47. The number of carbonyl (C=O) groups excluding carboxylic acids is 1. The van der Waals surface area contributed by atoms with E-state index in [9.17, 15) is 9.59 Å². The Bertz CT molecular complexity index is 261. The summed E-state index contributed by atoms with van der Waals surface area (Å²) in [6.07, 6.45) is 0.545. The van der Waals surface area contributed by atoms with Gasteiger partial charge in [-0.25, -0.2) is 5.01 Å². The molecule has 0 aliphatic carbocycles. The standard InChI is InChI=1S/C7H10N2O4/c1-2-5-8-9(3-7(11)12)6(10)4-13-5/h2-4H2,1H3,(H,11,12). The summed E-state index contributed by atoms with van der Waals surface area (Å²) in [4.78, 5) is 21.3. The Morgan fingerprint density at radius 3 is 3.00 bits per heavy atom. The molecule has 0 unspecified atom stereocenters. The van der Waals surface area contributed by atoms with Crippen molar-refractivity contribution in [2.24, 2.45) is 5.10 Å². The van der Waals surface area contributed by atoms with Crippen LogP contribution in [0.5, 0.6) is 0 Å². The van der Waals surface area contributed by atoms with E-state index in [1.165, 1.54) is 0 Å². The summed E-state index contributed by atoms with van der Waals surface area (Å²) in [6.45, 7) is 1.28. The van der Waals surface area contributed by atoms with Crippen LogP contribution >= 0.6 is 0 Å². The van der Waals surface area contributed by atoms with Gasteiger partial charge in [0, 0.05) is 6.42 Å². The molecule has 0 bridgehead atoms. The highest BCUT2D eigenvalue weighted by atomic mass is 16.5. The molecule has 0 aromatic heterocycles. The molecule has 6 heteroatoms. The molecule has 72 valence electrons. The second-order valence-corrected chi connectivity index (χ2v) is 2.48. The maximum Gasteiger partial charge on any atom is 0.325 e. The van der Waals surface area contributed by atoms with Gasteiger partial charge in [-0.1, -0.05) is 6.92 Å². The number of carboxylic acid groups (broad SMARTS) is 1. The summed E-state index contributed by atoms with van der Waals surface area (Å²) in [6, 6.07) is 0. The third-order valence-corrected chi connectivity index (χ3v) is 1.47. The molecule has 0 aromatic rings. The lowest BCUT2D eigenvalue weighted by Crippen LogP contribution is -2.39. The molecule has 1 N–H and O–H groups in total. The van der Waals surface area contributed by atoms with Crippen molar-refractivity contribution in [3.8, 4) is 0 Å². The van der Waals surface area contributed by atoms with Crippen molar-refractivity contribution < 1.29 is 19.4 Å². The number of ether oxygens (including phenoxy) is 1. The van der Waals surface area contributed by atoms with Gasteiger partial charge in [0.2, 0.25) is 5.90 Å². The SMILES string of the molecule is CCC1=NN(CC(=O)O)C(=O)CO1. The normalized spacial score (nSPS) is 16.5. The zero-order chi connectivity index (χ0) is 9.84. The monoisotopic (exact) mass is 186 g/mol. The van der Waals surface area contributed by atoms with Crippen LogP contribution in [0, 0.1) is 0 Å². The highest BCUT2D eigenvalue weighted by molar-refractivity contribution is 5.88. The lowest BCUT2D eigenvalue weighted by Gasteiger charge is -2.21. The Morgan fingerprint density at radius 2 is 2.46 bits per heavy atom. The van der Waals surface area contributed by atoms with Crippen LogP contribution in [0.3, 0.4) is 0 Å². The van der Waals surface area contributed by atoms with Crippen molar-refractivity contribution in [2.45, 2.75) is 13.3 Å². The second kappa shape index (κ2) is 3.88. The largest absolute Gasteiger partial charge is 0.480 e. The highest BCUT2D eigenvalue weighted by Gasteiger charge is 2.22. The Balaban J connectivity index is 2.68. The molecule has 0 atom stereocenters. The van der Waals surface area contributed by atoms with Crippen LogP contribution in [0.1, 0.15) is 13.3 Å². The van der Waals surface area contributed by atoms with E-state index in [2.05, 4.69) is 5.10 Å². The first-order valence-corrected chi connectivity index (χ1v) is 3.86. The Morgan fingerprint density at radius 1 is 1.77 bits per heavy atom. The van der Waals surface area contributed by atoms with E-state index in [1.807, 2.05) is 6.92 Å². The van der Waals surface area contributed by atoms with Gasteiger partial charge in [0.15, 0.2) is 6.61 Å². The summed E-state index contributed by atoms with van der Waals surface area (Å²) in [5, 5.41) is 13.1. The first-order valence-electron chi connectivity index (χ1n) is 3.86. The molecule has 1 aliphatic heterocycles. The number of rotatable bonds is 3. The number of hydrogen-bond acceptors (Lipinski definition) is 4. The van der Waals surface area contributed by atoms with E-state index in [-0.39, 0.29) is 6.61 Å². The van der Waals surface area contributed by atoms with E-state index in [4.69, 9.17) is 9.84 Å². The lowest BCUT2D eigenvalue weighted by molar-refractivity contribution is -0.146. The van der Waals surface area contributed by atoms with Crippen LogP contribution in [0.25, 0.3) is 0 Å². The molecule has 0 spiro atoms. The molecule has 1 rings (SSSR count). The zero-order valence-electron chi connectivity index (χ0n) is 7.19. The molecule has 1 amide bonds. The number of nitrogens with zero attached hydrogens (tertiary/aromatic N) is 2. The summed E-state index contributed by atoms with van der Waals surface area (Å²) in [5.41, 5.74) is 0. The second-order valence-electron chi connectivity index (χ2n) is 2.48. The van der Waals surface area contributed by atoms with Crippen LogP contribution in [-0.2, 0) is 14.3 Å². The van der Waals surface area contributed by atoms with Gasteiger partial charge in [0.25, 0.3) is 5.91 Å². The highest BCUT2D eigenvalue weighted by Crippen LogP contribution is 2.03. The van der Waals surface area contributed by atoms with Gasteiger partial charge in [-0.3, -0.25) is 9.59 Å². The van der Waals surface area contributed by atoms with E-state index in [1.54, 1.807) is 0 Å². The quantitative estimate of drug-likeness (QED) is 0.653. The van der Waals surface area contributed by atoms with Crippen molar-refractivity contribution >= 4 is 17.8 Å². The fourth-order valence-corrected chi connectivity index (χ4v) is 0.863. The summed E-state index contributed by atoms with van der Waals surface area (Å²) < 4.78 is 4.92. The molecule has 0 saturated carbocycles. The fourth-order valence-electron chi connectivity index (χ4n) is 0.863. The Hall–Kier alpha value is -1.59. The molecule has 0 fully saturated rings. The summed E-state index contributed by atoms with van der Waals surface area (Å²) in [7, 11) is 0. The van der Waals surface area contributed by atoms with Gasteiger partial charge < -0.3 is 9.84 Å². The Labute approximate surface area is 74.8 Å². The van der Waals surface area contributed by atoms with Gasteiger partial charge >= 0.3 is 5.97 Å².